The van der Waals surface area contributed by atoms with Crippen molar-refractivity contribution >= 4 is 11.7 Å². The standard InChI is InChI=1S/C18H21N3O2/c1-12-16(17-14(21-12)8-4-9-15(17)22)18(23)20-11-5-7-13-6-2-3-10-19-13/h2-3,6,10,21H,4-5,7-9,11H2,1H3,(H,20,23). The fourth-order valence-corrected chi connectivity index (χ4v) is 3.13. The zero-order valence-electron chi connectivity index (χ0n) is 13.3. The van der Waals surface area contributed by atoms with Crippen molar-refractivity contribution in [1.29, 1.82) is 0 Å². The van der Waals surface area contributed by atoms with Gasteiger partial charge in [-0.15, -0.1) is 0 Å². The summed E-state index contributed by atoms with van der Waals surface area (Å²) in [5.74, 6) is -0.0782. The van der Waals surface area contributed by atoms with Crippen LogP contribution in [-0.2, 0) is 12.8 Å². The highest BCUT2D eigenvalue weighted by atomic mass is 16.2. The van der Waals surface area contributed by atoms with Crippen LogP contribution in [0.2, 0.25) is 0 Å². The highest BCUT2D eigenvalue weighted by Crippen LogP contribution is 2.26. The first-order valence-electron chi connectivity index (χ1n) is 8.09. The van der Waals surface area contributed by atoms with Gasteiger partial charge in [-0.05, 0) is 44.7 Å². The Labute approximate surface area is 135 Å². The Hall–Kier alpha value is -2.43. The summed E-state index contributed by atoms with van der Waals surface area (Å²) in [5, 5.41) is 2.93. The van der Waals surface area contributed by atoms with Crippen LogP contribution in [0.3, 0.4) is 0 Å². The third kappa shape index (κ3) is 3.33. The highest BCUT2D eigenvalue weighted by Gasteiger charge is 2.27. The molecule has 0 aliphatic heterocycles. The second-order valence-corrected chi connectivity index (χ2v) is 5.94. The van der Waals surface area contributed by atoms with Crippen LogP contribution in [0.15, 0.2) is 24.4 Å². The topological polar surface area (TPSA) is 74.8 Å². The van der Waals surface area contributed by atoms with E-state index in [-0.39, 0.29) is 11.7 Å². The van der Waals surface area contributed by atoms with Crippen molar-refractivity contribution in [2.45, 2.75) is 39.0 Å². The average molecular weight is 311 g/mol. The predicted molar refractivity (Wildman–Crippen MR) is 87.7 cm³/mol. The summed E-state index contributed by atoms with van der Waals surface area (Å²) in [6.07, 6.45) is 5.65. The van der Waals surface area contributed by atoms with Crippen LogP contribution in [0.4, 0.5) is 0 Å². The van der Waals surface area contributed by atoms with E-state index in [1.807, 2.05) is 25.1 Å². The van der Waals surface area contributed by atoms with E-state index >= 15 is 0 Å². The lowest BCUT2D eigenvalue weighted by Crippen LogP contribution is -2.27. The first kappa shape index (κ1) is 15.5. The van der Waals surface area contributed by atoms with Crippen molar-refractivity contribution in [1.82, 2.24) is 15.3 Å². The van der Waals surface area contributed by atoms with E-state index in [4.69, 9.17) is 0 Å². The number of ketones is 1. The minimum absolute atomic E-state index is 0.0780. The van der Waals surface area contributed by atoms with Crippen molar-refractivity contribution in [2.75, 3.05) is 6.54 Å². The number of carbonyl (C=O) groups excluding carboxylic acids is 2. The van der Waals surface area contributed by atoms with Gasteiger partial charge in [-0.25, -0.2) is 0 Å². The number of aryl methyl sites for hydroxylation is 3. The molecule has 0 radical (unpaired) electrons. The minimum atomic E-state index is -0.156. The van der Waals surface area contributed by atoms with Crippen LogP contribution in [-0.4, -0.2) is 28.2 Å². The van der Waals surface area contributed by atoms with Gasteiger partial charge in [-0.2, -0.15) is 0 Å². The summed E-state index contributed by atoms with van der Waals surface area (Å²) < 4.78 is 0. The molecule has 0 unspecified atom stereocenters. The summed E-state index contributed by atoms with van der Waals surface area (Å²) in [6, 6.07) is 5.83. The molecule has 0 spiro atoms. The van der Waals surface area contributed by atoms with Gasteiger partial charge in [0.15, 0.2) is 5.78 Å². The maximum atomic E-state index is 12.5. The molecule has 2 aromatic rings. The molecule has 2 N–H and O–H groups in total. The lowest BCUT2D eigenvalue weighted by Gasteiger charge is -2.12. The Bertz CT molecular complexity index is 719. The van der Waals surface area contributed by atoms with Gasteiger partial charge in [0, 0.05) is 36.2 Å². The van der Waals surface area contributed by atoms with Crippen LogP contribution < -0.4 is 5.32 Å². The smallest absolute Gasteiger partial charge is 0.253 e. The summed E-state index contributed by atoms with van der Waals surface area (Å²) in [6.45, 7) is 2.43. The molecule has 0 aromatic carbocycles. The van der Waals surface area contributed by atoms with E-state index in [0.717, 1.165) is 42.8 Å². The summed E-state index contributed by atoms with van der Waals surface area (Å²) >= 11 is 0. The number of H-pyrrole nitrogens is 1. The van der Waals surface area contributed by atoms with Crippen molar-refractivity contribution in [3.63, 3.8) is 0 Å². The molecule has 1 aliphatic rings. The molecular formula is C18H21N3O2. The number of amides is 1. The van der Waals surface area contributed by atoms with Gasteiger partial charge < -0.3 is 10.3 Å². The van der Waals surface area contributed by atoms with Gasteiger partial charge in [-0.3, -0.25) is 14.6 Å². The Morgan fingerprint density at radius 3 is 3.00 bits per heavy atom. The lowest BCUT2D eigenvalue weighted by molar-refractivity contribution is 0.0927. The van der Waals surface area contributed by atoms with E-state index in [0.29, 0.717) is 24.1 Å². The molecular weight excluding hydrogens is 290 g/mol. The third-order valence-corrected chi connectivity index (χ3v) is 4.22. The molecule has 23 heavy (non-hydrogen) atoms. The number of aromatic nitrogens is 2. The third-order valence-electron chi connectivity index (χ3n) is 4.22. The maximum absolute atomic E-state index is 12.5. The number of Topliss-reactive ketones (excluding diaryl/α,β-unsaturated/α-hetero) is 1. The van der Waals surface area contributed by atoms with Crippen LogP contribution >= 0.6 is 0 Å². The first-order valence-corrected chi connectivity index (χ1v) is 8.09. The number of pyridine rings is 1. The Morgan fingerprint density at radius 2 is 2.22 bits per heavy atom. The Balaban J connectivity index is 1.61. The quantitative estimate of drug-likeness (QED) is 0.833. The highest BCUT2D eigenvalue weighted by molar-refractivity contribution is 6.10. The monoisotopic (exact) mass is 311 g/mol. The number of rotatable bonds is 5. The number of nitrogens with one attached hydrogen (secondary N) is 2. The summed E-state index contributed by atoms with van der Waals surface area (Å²) in [5.41, 5.74) is 3.86. The van der Waals surface area contributed by atoms with Crippen LogP contribution in [0.25, 0.3) is 0 Å². The zero-order chi connectivity index (χ0) is 16.2. The van der Waals surface area contributed by atoms with E-state index in [1.165, 1.54) is 0 Å². The van der Waals surface area contributed by atoms with E-state index in [2.05, 4.69) is 15.3 Å². The predicted octanol–water partition coefficient (Wildman–Crippen LogP) is 2.60. The molecule has 3 rings (SSSR count). The maximum Gasteiger partial charge on any atom is 0.253 e. The van der Waals surface area contributed by atoms with Crippen molar-refractivity contribution in [3.8, 4) is 0 Å². The van der Waals surface area contributed by atoms with Crippen molar-refractivity contribution < 1.29 is 9.59 Å². The van der Waals surface area contributed by atoms with E-state index in [9.17, 15) is 9.59 Å². The van der Waals surface area contributed by atoms with Gasteiger partial charge in [-0.1, -0.05) is 6.07 Å². The molecule has 1 amide bonds. The number of hydrogen-bond donors (Lipinski definition) is 2. The molecule has 0 fully saturated rings. The molecule has 2 heterocycles. The fourth-order valence-electron chi connectivity index (χ4n) is 3.13. The van der Waals surface area contributed by atoms with Crippen LogP contribution in [0.5, 0.6) is 0 Å². The molecule has 0 bridgehead atoms. The molecule has 5 heteroatoms. The molecule has 1 aliphatic carbocycles. The van der Waals surface area contributed by atoms with Gasteiger partial charge in [0.25, 0.3) is 5.91 Å². The van der Waals surface area contributed by atoms with Crippen molar-refractivity contribution in [2.24, 2.45) is 0 Å². The van der Waals surface area contributed by atoms with Crippen molar-refractivity contribution in [3.05, 3.63) is 52.6 Å². The minimum Gasteiger partial charge on any atom is -0.361 e. The largest absolute Gasteiger partial charge is 0.361 e. The number of nitrogens with zero attached hydrogens (tertiary/aromatic N) is 1. The zero-order valence-corrected chi connectivity index (χ0v) is 13.3. The molecule has 0 saturated heterocycles. The average Bonchev–Trinajstić information content (AvgIpc) is 2.90. The van der Waals surface area contributed by atoms with Gasteiger partial charge in [0.1, 0.15) is 0 Å². The first-order chi connectivity index (χ1) is 11.2. The normalized spacial score (nSPS) is 13.7. The SMILES string of the molecule is Cc1[nH]c2c(c1C(=O)NCCCc1ccccn1)C(=O)CCC2. The number of fused-ring (bicyclic) bond motifs is 1. The molecule has 0 saturated carbocycles. The van der Waals surface area contributed by atoms with Gasteiger partial charge >= 0.3 is 0 Å². The second kappa shape index (κ2) is 6.77. The summed E-state index contributed by atoms with van der Waals surface area (Å²) in [7, 11) is 0. The number of carbonyl (C=O) groups is 2. The van der Waals surface area contributed by atoms with Gasteiger partial charge in [0.2, 0.25) is 0 Å². The Morgan fingerprint density at radius 1 is 1.35 bits per heavy atom. The number of hydrogen-bond acceptors (Lipinski definition) is 3. The fraction of sp³-hybridized carbons (Fsp3) is 0.389. The van der Waals surface area contributed by atoms with E-state index in [1.54, 1.807) is 6.20 Å². The molecule has 0 atom stereocenters. The Kier molecular flexibility index (Phi) is 4.55. The van der Waals surface area contributed by atoms with Crippen LogP contribution in [0, 0.1) is 6.92 Å². The lowest BCUT2D eigenvalue weighted by atomic mass is 9.93. The second-order valence-electron chi connectivity index (χ2n) is 5.94. The molecule has 5 nitrogen and oxygen atoms in total. The molecule has 2 aromatic heterocycles. The van der Waals surface area contributed by atoms with E-state index < -0.39 is 0 Å². The van der Waals surface area contributed by atoms with Crippen LogP contribution in [0.1, 0.15) is 57.1 Å². The van der Waals surface area contributed by atoms with Gasteiger partial charge in [0.05, 0.1) is 11.1 Å². The number of aromatic amines is 1. The summed E-state index contributed by atoms with van der Waals surface area (Å²) in [4.78, 5) is 32.1. The molecule has 120 valence electrons.